The van der Waals surface area contributed by atoms with Crippen LogP contribution in [0.25, 0.3) is 21.9 Å². The number of ether oxygens (including phenoxy) is 1. The summed E-state index contributed by atoms with van der Waals surface area (Å²) >= 11 is 0. The van der Waals surface area contributed by atoms with Crippen molar-refractivity contribution in [1.82, 2.24) is 0 Å². The van der Waals surface area contributed by atoms with Gasteiger partial charge in [0, 0.05) is 41.8 Å². The third kappa shape index (κ3) is 12.9. The largest absolute Gasteiger partial charge is 0.486 e. The number of hydrogen-bond donors (Lipinski definition) is 1. The van der Waals surface area contributed by atoms with Crippen molar-refractivity contribution in [3.63, 3.8) is 0 Å². The molecule has 0 spiro atoms. The van der Waals surface area contributed by atoms with E-state index in [1.807, 2.05) is 41.2 Å². The molecule has 48 heavy (non-hydrogen) atoms. The van der Waals surface area contributed by atoms with E-state index in [9.17, 15) is 9.59 Å². The van der Waals surface area contributed by atoms with Crippen LogP contribution in [0.5, 0.6) is 5.75 Å². The molecule has 0 aliphatic carbocycles. The summed E-state index contributed by atoms with van der Waals surface area (Å²) in [5.41, 5.74) is 1.29. The fraction of sp³-hybridized carbons (Fsp3) is 0.390. The van der Waals surface area contributed by atoms with Crippen LogP contribution in [0.2, 0.25) is 0 Å². The fourth-order valence-corrected chi connectivity index (χ4v) is 5.38. The van der Waals surface area contributed by atoms with Crippen LogP contribution >= 0.6 is 0 Å². The number of fused-ring (bicyclic) bond motifs is 2. The zero-order valence-electron chi connectivity index (χ0n) is 28.4. The van der Waals surface area contributed by atoms with Crippen LogP contribution in [0.3, 0.4) is 0 Å². The Morgan fingerprint density at radius 2 is 1.44 bits per heavy atom. The smallest absolute Gasteiger partial charge is 0.336 e. The minimum atomic E-state index is -0.433. The predicted octanol–water partition coefficient (Wildman–Crippen LogP) is 10.2. The van der Waals surface area contributed by atoms with E-state index >= 15 is 0 Å². The number of nitrogens with zero attached hydrogens (tertiary/aromatic N) is 1. The van der Waals surface area contributed by atoms with Gasteiger partial charge in [-0.05, 0) is 56.7 Å². The second kappa shape index (κ2) is 21.3. The first-order valence-electron chi connectivity index (χ1n) is 17.6. The Balaban J connectivity index is 1.04. The SMILES string of the molecule is CCCCCCCCC=CCC=CCC=CCC=CCCC(=O)Nc1cc[n+](CCCOc2c3occc3cc3ccc(=O)oc23)cc1. The third-order valence-corrected chi connectivity index (χ3v) is 8.01. The van der Waals surface area contributed by atoms with Crippen LogP contribution in [0, 0.1) is 0 Å². The van der Waals surface area contributed by atoms with Gasteiger partial charge in [0.05, 0.1) is 18.6 Å². The van der Waals surface area contributed by atoms with E-state index in [-0.39, 0.29) is 5.91 Å². The van der Waals surface area contributed by atoms with Crippen molar-refractivity contribution in [3.8, 4) is 5.75 Å². The van der Waals surface area contributed by atoms with Gasteiger partial charge in [0.25, 0.3) is 0 Å². The highest BCUT2D eigenvalue weighted by Crippen LogP contribution is 2.35. The summed E-state index contributed by atoms with van der Waals surface area (Å²) < 4.78 is 19.1. The molecular weight excluding hydrogens is 600 g/mol. The molecule has 0 aliphatic rings. The molecule has 7 nitrogen and oxygen atoms in total. The van der Waals surface area contributed by atoms with Gasteiger partial charge in [-0.1, -0.05) is 87.6 Å². The maximum Gasteiger partial charge on any atom is 0.336 e. The van der Waals surface area contributed by atoms with Gasteiger partial charge >= 0.3 is 5.63 Å². The van der Waals surface area contributed by atoms with Crippen LogP contribution in [0.15, 0.2) is 117 Å². The van der Waals surface area contributed by atoms with Crippen LogP contribution in [0.1, 0.15) is 90.4 Å². The number of carbonyl (C=O) groups excluding carboxylic acids is 1. The monoisotopic (exact) mass is 651 g/mol. The maximum atomic E-state index is 12.4. The molecule has 254 valence electrons. The number of aryl methyl sites for hydroxylation is 1. The second-order valence-corrected chi connectivity index (χ2v) is 12.0. The first-order chi connectivity index (χ1) is 23.6. The molecule has 1 N–H and O–H groups in total. The van der Waals surface area contributed by atoms with E-state index in [1.165, 1.54) is 51.0 Å². The molecule has 4 aromatic rings. The predicted molar refractivity (Wildman–Crippen MR) is 195 cm³/mol. The highest BCUT2D eigenvalue weighted by atomic mass is 16.5. The molecule has 0 unspecified atom stereocenters. The van der Waals surface area contributed by atoms with Gasteiger partial charge in [-0.3, -0.25) is 4.79 Å². The molecule has 0 bridgehead atoms. The summed E-state index contributed by atoms with van der Waals surface area (Å²) in [7, 11) is 0. The zero-order valence-corrected chi connectivity index (χ0v) is 28.4. The number of unbranched alkanes of at least 4 members (excludes halogenated alkanes) is 6. The van der Waals surface area contributed by atoms with Crippen LogP contribution in [0.4, 0.5) is 5.69 Å². The summed E-state index contributed by atoms with van der Waals surface area (Å²) in [6, 6.07) is 10.7. The van der Waals surface area contributed by atoms with Gasteiger partial charge in [0.1, 0.15) is 0 Å². The molecule has 1 aromatic carbocycles. The number of benzene rings is 1. The first kappa shape index (κ1) is 36.2. The number of hydrogen-bond acceptors (Lipinski definition) is 5. The Kier molecular flexibility index (Phi) is 16.0. The van der Waals surface area contributed by atoms with Crippen molar-refractivity contribution in [2.75, 3.05) is 11.9 Å². The van der Waals surface area contributed by atoms with E-state index < -0.39 is 5.63 Å². The number of carbonyl (C=O) groups is 1. The molecule has 0 fully saturated rings. The summed E-state index contributed by atoms with van der Waals surface area (Å²) in [5, 5.41) is 4.64. The van der Waals surface area contributed by atoms with E-state index in [1.54, 1.807) is 12.3 Å². The van der Waals surface area contributed by atoms with Gasteiger partial charge in [-0.15, -0.1) is 0 Å². The fourth-order valence-electron chi connectivity index (χ4n) is 5.38. The number of aromatic nitrogens is 1. The second-order valence-electron chi connectivity index (χ2n) is 12.0. The number of anilines is 1. The molecule has 1 amide bonds. The number of allylic oxidation sites excluding steroid dienone is 8. The first-order valence-corrected chi connectivity index (χ1v) is 17.6. The maximum absolute atomic E-state index is 12.4. The van der Waals surface area contributed by atoms with Gasteiger partial charge in [-0.2, -0.15) is 0 Å². The lowest BCUT2D eigenvalue weighted by atomic mass is 10.1. The van der Waals surface area contributed by atoms with Gasteiger partial charge in [0.15, 0.2) is 30.1 Å². The van der Waals surface area contributed by atoms with Crippen molar-refractivity contribution in [2.45, 2.75) is 96.9 Å². The molecule has 0 aliphatic heterocycles. The zero-order chi connectivity index (χ0) is 33.7. The van der Waals surface area contributed by atoms with Crippen LogP contribution in [-0.4, -0.2) is 12.5 Å². The van der Waals surface area contributed by atoms with Gasteiger partial charge in [0.2, 0.25) is 11.7 Å². The molecule has 0 atom stereocenters. The van der Waals surface area contributed by atoms with Crippen molar-refractivity contribution < 1.29 is 22.9 Å². The van der Waals surface area contributed by atoms with Crippen LogP contribution < -0.4 is 20.2 Å². The Hall–Kier alpha value is -4.65. The number of furan rings is 1. The molecular formula is C41H51N2O5+. The molecule has 0 radical (unpaired) electrons. The molecule has 7 heteroatoms. The van der Waals surface area contributed by atoms with Gasteiger partial charge < -0.3 is 18.9 Å². The molecule has 0 saturated heterocycles. The lowest BCUT2D eigenvalue weighted by Gasteiger charge is -2.08. The Bertz CT molecular complexity index is 1710. The minimum absolute atomic E-state index is 0.00141. The Morgan fingerprint density at radius 1 is 0.771 bits per heavy atom. The number of pyridine rings is 1. The number of amides is 1. The Morgan fingerprint density at radius 3 is 2.19 bits per heavy atom. The molecule has 0 saturated carbocycles. The van der Waals surface area contributed by atoms with E-state index in [4.69, 9.17) is 13.6 Å². The van der Waals surface area contributed by atoms with Gasteiger partial charge in [-0.25, -0.2) is 9.36 Å². The standard InChI is InChI=1S/C41H50N2O5/c1-2-3-4-5-6-7-8-9-10-11-12-13-14-15-16-17-18-19-20-22-37(44)42-36-25-29-43(30-26-36)28-21-31-46-41-39-35(27-32-47-39)33-34-23-24-38(45)48-40(34)41/h9-10,12-13,15-16,18-19,23-27,29-30,32-33H,2-8,11,14,17,20-22,28,31H2,1H3/p+1. The van der Waals surface area contributed by atoms with E-state index in [0.29, 0.717) is 36.4 Å². The average molecular weight is 652 g/mol. The normalized spacial score (nSPS) is 12.1. The third-order valence-electron chi connectivity index (χ3n) is 8.01. The summed E-state index contributed by atoms with van der Waals surface area (Å²) in [5.74, 6) is 0.443. The van der Waals surface area contributed by atoms with Crippen molar-refractivity contribution >= 4 is 33.5 Å². The lowest BCUT2D eigenvalue weighted by molar-refractivity contribution is -0.697. The molecule has 4 rings (SSSR count). The van der Waals surface area contributed by atoms with E-state index in [2.05, 4.69) is 60.8 Å². The summed E-state index contributed by atoms with van der Waals surface area (Å²) in [6.07, 6.45) is 37.1. The van der Waals surface area contributed by atoms with E-state index in [0.717, 1.165) is 48.7 Å². The summed E-state index contributed by atoms with van der Waals surface area (Å²) in [6.45, 7) is 3.39. The number of nitrogens with one attached hydrogen (secondary N) is 1. The van der Waals surface area contributed by atoms with Crippen molar-refractivity contribution in [1.29, 1.82) is 0 Å². The highest BCUT2D eigenvalue weighted by Gasteiger charge is 2.15. The quantitative estimate of drug-likeness (QED) is 0.0396. The highest BCUT2D eigenvalue weighted by molar-refractivity contribution is 5.99. The summed E-state index contributed by atoms with van der Waals surface area (Å²) in [4.78, 5) is 24.2. The number of rotatable bonds is 22. The van der Waals surface area contributed by atoms with Crippen molar-refractivity contribution in [2.24, 2.45) is 0 Å². The topological polar surface area (TPSA) is 85.6 Å². The van der Waals surface area contributed by atoms with Crippen LogP contribution in [-0.2, 0) is 11.3 Å². The molecule has 3 aromatic heterocycles. The Labute approximate surface area is 284 Å². The lowest BCUT2D eigenvalue weighted by Crippen LogP contribution is -2.33. The minimum Gasteiger partial charge on any atom is -0.486 e. The molecule has 3 heterocycles. The van der Waals surface area contributed by atoms with Crippen molar-refractivity contribution in [3.05, 3.63) is 114 Å². The average Bonchev–Trinajstić information content (AvgIpc) is 3.56.